The van der Waals surface area contributed by atoms with Crippen LogP contribution >= 0.6 is 43.6 Å². The van der Waals surface area contributed by atoms with Gasteiger partial charge in [0.05, 0.1) is 4.47 Å². The van der Waals surface area contributed by atoms with E-state index in [9.17, 15) is 15.0 Å². The number of rotatable bonds is 7. The maximum absolute atomic E-state index is 12.6. The summed E-state index contributed by atoms with van der Waals surface area (Å²) in [5.74, 6) is -0.00339. The van der Waals surface area contributed by atoms with Crippen LogP contribution in [0.3, 0.4) is 0 Å². The molecule has 5 nitrogen and oxygen atoms in total. The van der Waals surface area contributed by atoms with Crippen molar-refractivity contribution in [3.05, 3.63) is 50.9 Å². The number of hydrogen-bond donors (Lipinski definition) is 3. The SMILES string of the molecule is CSc1ccc(NC(=O)O[C@H](c2cc(Br)cc(Br)c2O)C(C)(C)CCO)cc1. The van der Waals surface area contributed by atoms with Crippen molar-refractivity contribution in [3.8, 4) is 5.75 Å². The first kappa shape index (κ1) is 23.1. The van der Waals surface area contributed by atoms with Gasteiger partial charge in [-0.25, -0.2) is 4.79 Å². The first-order valence-corrected chi connectivity index (χ1v) is 11.4. The Morgan fingerprint density at radius 2 is 1.89 bits per heavy atom. The second-order valence-electron chi connectivity index (χ2n) is 6.93. The molecule has 0 saturated carbocycles. The van der Waals surface area contributed by atoms with E-state index >= 15 is 0 Å². The molecule has 0 aliphatic carbocycles. The van der Waals surface area contributed by atoms with E-state index in [1.807, 2.05) is 32.2 Å². The lowest BCUT2D eigenvalue weighted by atomic mass is 9.79. The van der Waals surface area contributed by atoms with E-state index in [-0.39, 0.29) is 12.4 Å². The topological polar surface area (TPSA) is 78.8 Å². The van der Waals surface area contributed by atoms with E-state index in [0.29, 0.717) is 22.1 Å². The Morgan fingerprint density at radius 1 is 1.25 bits per heavy atom. The van der Waals surface area contributed by atoms with Crippen LogP contribution in [0.1, 0.15) is 31.9 Å². The molecule has 2 aromatic rings. The molecule has 3 N–H and O–H groups in total. The predicted octanol–water partition coefficient (Wildman–Crippen LogP) is 6.34. The van der Waals surface area contributed by atoms with Gasteiger partial charge in [-0.15, -0.1) is 11.8 Å². The highest BCUT2D eigenvalue weighted by Crippen LogP contribution is 2.45. The molecule has 2 aromatic carbocycles. The lowest BCUT2D eigenvalue weighted by Crippen LogP contribution is -2.30. The Balaban J connectivity index is 2.30. The fourth-order valence-electron chi connectivity index (χ4n) is 2.78. The molecule has 0 aliphatic rings. The number of halogens is 2. The van der Waals surface area contributed by atoms with Crippen LogP contribution in [-0.4, -0.2) is 29.2 Å². The summed E-state index contributed by atoms with van der Waals surface area (Å²) < 4.78 is 6.95. The maximum Gasteiger partial charge on any atom is 0.412 e. The number of aliphatic hydroxyl groups excluding tert-OH is 1. The van der Waals surface area contributed by atoms with Gasteiger partial charge in [0.25, 0.3) is 0 Å². The Morgan fingerprint density at radius 3 is 2.46 bits per heavy atom. The number of aliphatic hydroxyl groups is 1. The largest absolute Gasteiger partial charge is 0.506 e. The number of thioether (sulfide) groups is 1. The van der Waals surface area contributed by atoms with Gasteiger partial charge in [0, 0.05) is 32.6 Å². The average molecular weight is 533 g/mol. The monoisotopic (exact) mass is 531 g/mol. The molecule has 0 saturated heterocycles. The molecule has 8 heteroatoms. The number of anilines is 1. The molecule has 0 aliphatic heterocycles. The summed E-state index contributed by atoms with van der Waals surface area (Å²) in [5.41, 5.74) is 0.445. The molecule has 152 valence electrons. The Bertz CT molecular complexity index is 828. The molecule has 0 heterocycles. The first-order chi connectivity index (χ1) is 13.2. The van der Waals surface area contributed by atoms with Crippen molar-refractivity contribution in [1.82, 2.24) is 0 Å². The number of carbonyl (C=O) groups is 1. The summed E-state index contributed by atoms with van der Waals surface area (Å²) in [4.78, 5) is 13.7. The normalized spacial score (nSPS) is 12.5. The van der Waals surface area contributed by atoms with Gasteiger partial charge in [0.2, 0.25) is 0 Å². The number of phenolic OH excluding ortho intramolecular Hbond substituents is 1. The minimum absolute atomic E-state index is 0.00339. The molecule has 2 rings (SSSR count). The van der Waals surface area contributed by atoms with Crippen molar-refractivity contribution in [1.29, 1.82) is 0 Å². The van der Waals surface area contributed by atoms with Gasteiger partial charge >= 0.3 is 6.09 Å². The van der Waals surface area contributed by atoms with Crippen molar-refractivity contribution >= 4 is 55.4 Å². The summed E-state index contributed by atoms with van der Waals surface area (Å²) >= 11 is 8.34. The minimum atomic E-state index is -0.779. The van der Waals surface area contributed by atoms with Crippen LogP contribution in [0.15, 0.2) is 50.2 Å². The molecule has 0 unspecified atom stereocenters. The van der Waals surface area contributed by atoms with Crippen LogP contribution in [-0.2, 0) is 4.74 Å². The second kappa shape index (κ2) is 10.0. The zero-order valence-electron chi connectivity index (χ0n) is 15.8. The summed E-state index contributed by atoms with van der Waals surface area (Å²) in [5, 5.41) is 22.7. The molecular weight excluding hydrogens is 510 g/mol. The number of amides is 1. The van der Waals surface area contributed by atoms with Crippen molar-refractivity contribution < 1.29 is 19.7 Å². The number of benzene rings is 2. The van der Waals surface area contributed by atoms with Gasteiger partial charge < -0.3 is 14.9 Å². The highest BCUT2D eigenvalue weighted by Gasteiger charge is 2.36. The molecule has 28 heavy (non-hydrogen) atoms. The van der Waals surface area contributed by atoms with Gasteiger partial charge in [-0.3, -0.25) is 5.32 Å². The highest BCUT2D eigenvalue weighted by atomic mass is 79.9. The van der Waals surface area contributed by atoms with Crippen molar-refractivity contribution in [3.63, 3.8) is 0 Å². The second-order valence-corrected chi connectivity index (χ2v) is 9.58. The molecular formula is C20H23Br2NO4S. The number of carbonyl (C=O) groups excluding carboxylic acids is 1. The lowest BCUT2D eigenvalue weighted by molar-refractivity contribution is 0.0138. The molecule has 0 aromatic heterocycles. The van der Waals surface area contributed by atoms with Crippen LogP contribution in [0.25, 0.3) is 0 Å². The van der Waals surface area contributed by atoms with Gasteiger partial charge in [-0.05, 0) is 65.0 Å². The number of phenols is 1. The highest BCUT2D eigenvalue weighted by molar-refractivity contribution is 9.11. The molecule has 1 amide bonds. The fourth-order valence-corrected chi connectivity index (χ4v) is 4.44. The smallest absolute Gasteiger partial charge is 0.412 e. The number of hydrogen-bond acceptors (Lipinski definition) is 5. The third-order valence-corrected chi connectivity index (χ3v) is 6.17. The molecule has 1 atom stereocenters. The summed E-state index contributed by atoms with van der Waals surface area (Å²) in [6.45, 7) is 3.69. The van der Waals surface area contributed by atoms with E-state index in [1.54, 1.807) is 36.0 Å². The number of nitrogens with one attached hydrogen (secondary N) is 1. The molecule has 0 radical (unpaired) electrons. The van der Waals surface area contributed by atoms with Crippen LogP contribution in [0.4, 0.5) is 10.5 Å². The van der Waals surface area contributed by atoms with Crippen molar-refractivity contribution in [2.45, 2.75) is 31.3 Å². The van der Waals surface area contributed by atoms with E-state index in [2.05, 4.69) is 37.2 Å². The quantitative estimate of drug-likeness (QED) is 0.363. The van der Waals surface area contributed by atoms with E-state index in [0.717, 1.165) is 9.37 Å². The lowest BCUT2D eigenvalue weighted by Gasteiger charge is -2.34. The Hall–Kier alpha value is -1.22. The first-order valence-electron chi connectivity index (χ1n) is 8.58. The van der Waals surface area contributed by atoms with E-state index < -0.39 is 17.6 Å². The van der Waals surface area contributed by atoms with Crippen LogP contribution in [0, 0.1) is 5.41 Å². The summed E-state index contributed by atoms with van der Waals surface area (Å²) in [6.07, 6.45) is 0.951. The standard InChI is InChI=1S/C20H23Br2NO4S/c1-20(2,8-9-24)18(15-10-12(21)11-16(22)17(15)25)27-19(26)23-13-4-6-14(28-3)7-5-13/h4-7,10-11,18,24-25H,8-9H2,1-3H3,(H,23,26)/t18-/m1/s1. The summed E-state index contributed by atoms with van der Waals surface area (Å²) in [6, 6.07) is 10.8. The minimum Gasteiger partial charge on any atom is -0.506 e. The maximum atomic E-state index is 12.6. The van der Waals surface area contributed by atoms with Crippen LogP contribution in [0.2, 0.25) is 0 Å². The number of ether oxygens (including phenoxy) is 1. The molecule has 0 bridgehead atoms. The van der Waals surface area contributed by atoms with Crippen molar-refractivity contribution in [2.75, 3.05) is 18.2 Å². The van der Waals surface area contributed by atoms with E-state index in [4.69, 9.17) is 4.74 Å². The van der Waals surface area contributed by atoms with Gasteiger partial charge in [-0.2, -0.15) is 0 Å². The predicted molar refractivity (Wildman–Crippen MR) is 120 cm³/mol. The Labute approximate surface area is 186 Å². The molecule has 0 fully saturated rings. The van der Waals surface area contributed by atoms with E-state index in [1.165, 1.54) is 0 Å². The fraction of sp³-hybridized carbons (Fsp3) is 0.350. The van der Waals surface area contributed by atoms with Crippen LogP contribution < -0.4 is 5.32 Å². The number of aromatic hydroxyl groups is 1. The van der Waals surface area contributed by atoms with Crippen molar-refractivity contribution in [2.24, 2.45) is 5.41 Å². The van der Waals surface area contributed by atoms with Gasteiger partial charge in [-0.1, -0.05) is 29.8 Å². The van der Waals surface area contributed by atoms with Crippen LogP contribution in [0.5, 0.6) is 5.75 Å². The summed E-state index contributed by atoms with van der Waals surface area (Å²) in [7, 11) is 0. The van der Waals surface area contributed by atoms with Gasteiger partial charge in [0.1, 0.15) is 11.9 Å². The zero-order valence-corrected chi connectivity index (χ0v) is 19.8. The average Bonchev–Trinajstić information content (AvgIpc) is 2.63. The third kappa shape index (κ3) is 5.89. The molecule has 0 spiro atoms. The zero-order chi connectivity index (χ0) is 20.9. The third-order valence-electron chi connectivity index (χ3n) is 4.37. The van der Waals surface area contributed by atoms with Gasteiger partial charge in [0.15, 0.2) is 0 Å². The Kier molecular flexibility index (Phi) is 8.24.